The molecule has 48 heavy (non-hydrogen) atoms. The van der Waals surface area contributed by atoms with Crippen molar-refractivity contribution < 1.29 is 65.4 Å². The van der Waals surface area contributed by atoms with Gasteiger partial charge in [-0.15, -0.1) is 18.2 Å². The quantitative estimate of drug-likeness (QED) is 0.155. The van der Waals surface area contributed by atoms with Crippen molar-refractivity contribution in [2.45, 2.75) is 27.7 Å². The van der Waals surface area contributed by atoms with Crippen molar-refractivity contribution in [2.75, 3.05) is 0 Å². The number of nitrogens with zero attached hydrogens (tertiary/aromatic N) is 2. The Hall–Kier alpha value is -3.39. The first-order valence-corrected chi connectivity index (χ1v) is 16.1. The van der Waals surface area contributed by atoms with Crippen molar-refractivity contribution in [2.24, 2.45) is 0 Å². The Balaban J connectivity index is 0.000000164. The minimum Gasteiger partial charge on any atom is -0.377 e. The summed E-state index contributed by atoms with van der Waals surface area (Å²) in [6, 6.07) is 59.9. The van der Waals surface area contributed by atoms with Crippen LogP contribution >= 0.6 is 0 Å². The molecule has 6 heterocycles. The Kier molecular flexibility index (Phi) is 11.9. The molecule has 0 fully saturated rings. The van der Waals surface area contributed by atoms with Crippen LogP contribution in [0.4, 0.5) is 0 Å². The average Bonchev–Trinajstić information content (AvgIpc) is 3.91. The number of hydrogen-bond acceptors (Lipinski definition) is 0. The van der Waals surface area contributed by atoms with E-state index in [1.54, 1.807) is 0 Å². The van der Waals surface area contributed by atoms with Crippen LogP contribution in [0.3, 0.4) is 0 Å². The van der Waals surface area contributed by atoms with Crippen LogP contribution in [0, 0.1) is 24.3 Å². The molecule has 230 valence electrons. The van der Waals surface area contributed by atoms with E-state index in [0.717, 1.165) is 33.3 Å². The normalized spacial score (nSPS) is 10.6. The predicted molar refractivity (Wildman–Crippen MR) is 196 cm³/mol. The molecule has 0 N–H and O–H groups in total. The third-order valence-electron chi connectivity index (χ3n) is 8.29. The van der Waals surface area contributed by atoms with Gasteiger partial charge in [0, 0.05) is 76.5 Å². The summed E-state index contributed by atoms with van der Waals surface area (Å²) in [6.45, 7) is 8.00. The van der Waals surface area contributed by atoms with Gasteiger partial charge in [-0.25, -0.2) is 16.7 Å². The first kappa shape index (κ1) is 35.9. The van der Waals surface area contributed by atoms with E-state index in [-0.39, 0.29) is 65.4 Å². The van der Waals surface area contributed by atoms with E-state index in [2.05, 4.69) is 136 Å². The second kappa shape index (κ2) is 15.9. The number of fused-ring (bicyclic) bond motifs is 6. The van der Waals surface area contributed by atoms with Crippen molar-refractivity contribution in [1.82, 2.24) is 8.80 Å². The van der Waals surface area contributed by atoms with Crippen LogP contribution in [0.25, 0.3) is 76.9 Å². The molecule has 0 unspecified atom stereocenters. The van der Waals surface area contributed by atoms with Crippen LogP contribution in [0.5, 0.6) is 0 Å². The molecule has 4 aromatic carbocycles. The Morgan fingerprint density at radius 2 is 0.917 bits per heavy atom. The Morgan fingerprint density at radius 1 is 0.417 bits per heavy atom. The molecule has 0 spiro atoms. The molecule has 4 heteroatoms. The third-order valence-corrected chi connectivity index (χ3v) is 8.29. The SMILES string of the molecule is CC.CC.[Y].[Y].[c-]1ccccc1-c1[c-]c2c3ccccc3c3cccc1n23.[c-]1ccccc1-c1[c-]c2cccc3c4ccccc4c1n23. The molecule has 0 atom stereocenters. The van der Waals surface area contributed by atoms with Gasteiger partial charge in [0.05, 0.1) is 0 Å². The summed E-state index contributed by atoms with van der Waals surface area (Å²) in [6.07, 6.45) is 0. The summed E-state index contributed by atoms with van der Waals surface area (Å²) >= 11 is 0. The van der Waals surface area contributed by atoms with Crippen LogP contribution < -0.4 is 0 Å². The minimum atomic E-state index is 0. The standard InChI is InChI=1S/2C20H11N.2C2H6.2Y/c1-2-7-14(8-3-1)18-13-15-9-6-12-19-16-10-4-5-11-17(16)20(18)21(15)19;1-2-7-14(8-3-1)17-13-20-16-10-5-4-9-15(16)18-11-6-12-19(17)21(18)20;2*1-2;;/h2*1-7,9-12H;2*1-2H3;;/q2*-2;;;;. The number of hydrogen-bond donors (Lipinski definition) is 0. The van der Waals surface area contributed by atoms with Crippen LogP contribution in [0.15, 0.2) is 133 Å². The smallest absolute Gasteiger partial charge is 0.0416 e. The maximum Gasteiger partial charge on any atom is 0.0416 e. The topological polar surface area (TPSA) is 8.82 Å². The van der Waals surface area contributed by atoms with Gasteiger partial charge < -0.3 is 8.80 Å². The maximum atomic E-state index is 3.60. The van der Waals surface area contributed by atoms with E-state index < -0.39 is 0 Å². The fraction of sp³-hybridized carbons (Fsp3) is 0.0909. The van der Waals surface area contributed by atoms with E-state index >= 15 is 0 Å². The Morgan fingerprint density at radius 3 is 1.54 bits per heavy atom. The van der Waals surface area contributed by atoms with Crippen molar-refractivity contribution in [3.8, 4) is 22.3 Å². The van der Waals surface area contributed by atoms with Crippen molar-refractivity contribution in [3.63, 3.8) is 0 Å². The number of pyridine rings is 2. The van der Waals surface area contributed by atoms with Gasteiger partial charge in [0.15, 0.2) is 0 Å². The molecule has 0 bridgehead atoms. The molecular weight excluding hydrogens is 734 g/mol. The molecule has 6 aromatic heterocycles. The number of aromatic nitrogens is 2. The molecule has 0 aliphatic rings. The van der Waals surface area contributed by atoms with Crippen LogP contribution in [-0.2, 0) is 65.4 Å². The van der Waals surface area contributed by atoms with Gasteiger partial charge in [-0.3, -0.25) is 0 Å². The van der Waals surface area contributed by atoms with E-state index in [9.17, 15) is 0 Å². The van der Waals surface area contributed by atoms with Crippen LogP contribution in [0.1, 0.15) is 27.7 Å². The molecule has 0 saturated heterocycles. The first-order valence-electron chi connectivity index (χ1n) is 16.1. The largest absolute Gasteiger partial charge is 0.377 e. The summed E-state index contributed by atoms with van der Waals surface area (Å²) in [4.78, 5) is 0. The number of benzene rings is 4. The first-order chi connectivity index (χ1) is 22.9. The summed E-state index contributed by atoms with van der Waals surface area (Å²) < 4.78 is 4.61. The van der Waals surface area contributed by atoms with E-state index in [0.29, 0.717) is 0 Å². The summed E-state index contributed by atoms with van der Waals surface area (Å²) in [5.74, 6) is 0. The zero-order valence-electron chi connectivity index (χ0n) is 27.8. The second-order valence-corrected chi connectivity index (χ2v) is 10.6. The van der Waals surface area contributed by atoms with E-state index in [4.69, 9.17) is 0 Å². The molecule has 2 nitrogen and oxygen atoms in total. The molecule has 10 rings (SSSR count). The van der Waals surface area contributed by atoms with Gasteiger partial charge in [-0.05, 0) is 33.8 Å². The van der Waals surface area contributed by atoms with Gasteiger partial charge in [-0.1, -0.05) is 116 Å². The van der Waals surface area contributed by atoms with Gasteiger partial charge in [-0.2, -0.15) is 66.2 Å². The fourth-order valence-corrected chi connectivity index (χ4v) is 6.52. The molecule has 0 amide bonds. The van der Waals surface area contributed by atoms with Gasteiger partial charge >= 0.3 is 0 Å². The van der Waals surface area contributed by atoms with Crippen molar-refractivity contribution in [1.29, 1.82) is 0 Å². The average molecular weight is 769 g/mol. The van der Waals surface area contributed by atoms with Crippen molar-refractivity contribution >= 4 is 54.6 Å². The molecular formula is C44H34N2Y2-4. The monoisotopic (exact) mass is 768 g/mol. The summed E-state index contributed by atoms with van der Waals surface area (Å²) in [5, 5.41) is 5.13. The van der Waals surface area contributed by atoms with Crippen LogP contribution in [0.2, 0.25) is 0 Å². The third kappa shape index (κ3) is 6.03. The predicted octanol–water partition coefficient (Wildman–Crippen LogP) is 11.9. The fourth-order valence-electron chi connectivity index (χ4n) is 6.52. The van der Waals surface area contributed by atoms with Crippen molar-refractivity contribution in [3.05, 3.63) is 158 Å². The summed E-state index contributed by atoms with van der Waals surface area (Å²) in [5.41, 5.74) is 11.6. The van der Waals surface area contributed by atoms with Crippen LogP contribution in [-0.4, -0.2) is 8.80 Å². The zero-order valence-corrected chi connectivity index (χ0v) is 33.4. The van der Waals surface area contributed by atoms with Gasteiger partial charge in [0.1, 0.15) is 0 Å². The molecule has 10 aromatic rings. The molecule has 0 aliphatic heterocycles. The molecule has 0 aliphatic carbocycles. The van der Waals surface area contributed by atoms with Gasteiger partial charge in [0.2, 0.25) is 0 Å². The zero-order chi connectivity index (χ0) is 31.6. The number of rotatable bonds is 2. The van der Waals surface area contributed by atoms with E-state index in [1.807, 2.05) is 58.0 Å². The molecule has 2 radical (unpaired) electrons. The Bertz CT molecular complexity index is 2490. The van der Waals surface area contributed by atoms with E-state index in [1.165, 1.54) is 43.6 Å². The Labute approximate surface area is 333 Å². The second-order valence-electron chi connectivity index (χ2n) is 10.6. The van der Waals surface area contributed by atoms with Gasteiger partial charge in [0.25, 0.3) is 0 Å². The molecule has 0 saturated carbocycles. The minimum absolute atomic E-state index is 0. The summed E-state index contributed by atoms with van der Waals surface area (Å²) in [7, 11) is 0. The maximum absolute atomic E-state index is 3.60.